The summed E-state index contributed by atoms with van der Waals surface area (Å²) in [5, 5.41) is 2.56. The molecule has 1 N–H and O–H groups in total. The van der Waals surface area contributed by atoms with Crippen molar-refractivity contribution in [3.63, 3.8) is 0 Å². The molecule has 1 aromatic heterocycles. The SMILES string of the molecule is COc1ccc(C(=O)Nc2ccn(C)c(=O)n2)cc1.COc1ccc(C(=O)OCC2OCCO2)cc1. The molecule has 0 spiro atoms. The maximum Gasteiger partial charge on any atom is 0.349 e. The Morgan fingerprint density at radius 1 is 0.944 bits per heavy atom. The highest BCUT2D eigenvalue weighted by atomic mass is 16.7. The fraction of sp³-hybridized carbons (Fsp3) is 0.280. The molecule has 1 saturated heterocycles. The maximum absolute atomic E-state index is 11.9. The highest BCUT2D eigenvalue weighted by molar-refractivity contribution is 6.03. The Balaban J connectivity index is 0.000000202. The molecule has 11 heteroatoms. The zero-order valence-electron chi connectivity index (χ0n) is 20.1. The van der Waals surface area contributed by atoms with Crippen molar-refractivity contribution in [3.8, 4) is 11.5 Å². The van der Waals surface area contributed by atoms with Crippen LogP contribution in [0.3, 0.4) is 0 Å². The standard InChI is InChI=1S/C13H13N3O3.C12H14O5/c1-16-8-7-11(15-13(16)18)14-12(17)9-3-5-10(19-2)6-4-9;1-14-10-4-2-9(3-5-10)12(13)17-8-11-15-6-7-16-11/h3-8H,1-2H3,(H,14,15,17,18);2-5,11H,6-8H2,1H3. The summed E-state index contributed by atoms with van der Waals surface area (Å²) >= 11 is 0. The second-order valence-corrected chi connectivity index (χ2v) is 7.39. The predicted octanol–water partition coefficient (Wildman–Crippen LogP) is 2.27. The van der Waals surface area contributed by atoms with Crippen LogP contribution in [0.25, 0.3) is 0 Å². The molecule has 1 aliphatic rings. The quantitative estimate of drug-likeness (QED) is 0.489. The van der Waals surface area contributed by atoms with E-state index in [0.29, 0.717) is 35.8 Å². The first kappa shape index (κ1) is 26.4. The van der Waals surface area contributed by atoms with E-state index >= 15 is 0 Å². The third-order valence-electron chi connectivity index (χ3n) is 4.93. The summed E-state index contributed by atoms with van der Waals surface area (Å²) in [7, 11) is 4.71. The van der Waals surface area contributed by atoms with Crippen molar-refractivity contribution in [3.05, 3.63) is 82.4 Å². The second-order valence-electron chi connectivity index (χ2n) is 7.39. The minimum absolute atomic E-state index is 0.116. The zero-order valence-corrected chi connectivity index (χ0v) is 20.1. The summed E-state index contributed by atoms with van der Waals surface area (Å²) in [6.07, 6.45) is 1.11. The molecule has 0 saturated carbocycles. The number of nitrogens with one attached hydrogen (secondary N) is 1. The summed E-state index contributed by atoms with van der Waals surface area (Å²) < 4.78 is 26.7. The molecule has 0 atom stereocenters. The van der Waals surface area contributed by atoms with Gasteiger partial charge in [0.15, 0.2) is 6.29 Å². The molecule has 1 amide bonds. The first-order valence-corrected chi connectivity index (χ1v) is 10.9. The average Bonchev–Trinajstić information content (AvgIpc) is 3.44. The van der Waals surface area contributed by atoms with Crippen molar-refractivity contribution in [1.82, 2.24) is 9.55 Å². The number of rotatable bonds is 7. The van der Waals surface area contributed by atoms with Gasteiger partial charge in [-0.1, -0.05) is 0 Å². The Morgan fingerprint density at radius 2 is 1.50 bits per heavy atom. The fourth-order valence-electron chi connectivity index (χ4n) is 2.92. The van der Waals surface area contributed by atoms with E-state index in [1.807, 2.05) is 0 Å². The summed E-state index contributed by atoms with van der Waals surface area (Å²) in [6, 6.07) is 14.9. The lowest BCUT2D eigenvalue weighted by molar-refractivity contribution is -0.0809. The molecule has 0 aliphatic carbocycles. The number of nitrogens with zero attached hydrogens (tertiary/aromatic N) is 2. The van der Waals surface area contributed by atoms with Crippen molar-refractivity contribution >= 4 is 17.7 Å². The largest absolute Gasteiger partial charge is 0.497 e. The van der Waals surface area contributed by atoms with E-state index < -0.39 is 17.9 Å². The van der Waals surface area contributed by atoms with Gasteiger partial charge in [-0.15, -0.1) is 0 Å². The van der Waals surface area contributed by atoms with Gasteiger partial charge >= 0.3 is 11.7 Å². The molecular formula is C25H27N3O8. The van der Waals surface area contributed by atoms with Crippen LogP contribution in [0, 0.1) is 0 Å². The topological polar surface area (TPSA) is 127 Å². The summed E-state index contributed by atoms with van der Waals surface area (Å²) in [5.41, 5.74) is 0.514. The van der Waals surface area contributed by atoms with Crippen molar-refractivity contribution in [1.29, 1.82) is 0 Å². The van der Waals surface area contributed by atoms with Crippen molar-refractivity contribution < 1.29 is 33.3 Å². The lowest BCUT2D eigenvalue weighted by Gasteiger charge is -2.09. The van der Waals surface area contributed by atoms with Crippen molar-refractivity contribution in [2.75, 3.05) is 39.4 Å². The Labute approximate surface area is 207 Å². The van der Waals surface area contributed by atoms with E-state index in [2.05, 4.69) is 10.3 Å². The number of carbonyl (C=O) groups is 2. The number of benzene rings is 2. The van der Waals surface area contributed by atoms with Crippen molar-refractivity contribution in [2.24, 2.45) is 7.05 Å². The lowest BCUT2D eigenvalue weighted by atomic mass is 10.2. The van der Waals surface area contributed by atoms with Gasteiger partial charge in [0, 0.05) is 18.8 Å². The number of aryl methyl sites for hydroxylation is 1. The Morgan fingerprint density at radius 3 is 2.03 bits per heavy atom. The number of carbonyl (C=O) groups excluding carboxylic acids is 2. The van der Waals surface area contributed by atoms with Crippen LogP contribution < -0.4 is 20.5 Å². The Hall–Kier alpha value is -4.22. The maximum atomic E-state index is 11.9. The molecular weight excluding hydrogens is 470 g/mol. The third-order valence-corrected chi connectivity index (χ3v) is 4.93. The first-order valence-electron chi connectivity index (χ1n) is 10.9. The molecule has 36 heavy (non-hydrogen) atoms. The van der Waals surface area contributed by atoms with Gasteiger partial charge in [0.1, 0.15) is 23.9 Å². The van der Waals surface area contributed by atoms with Crippen LogP contribution in [0.5, 0.6) is 11.5 Å². The molecule has 0 unspecified atom stereocenters. The molecule has 190 valence electrons. The van der Waals surface area contributed by atoms with Crippen LogP contribution in [0.2, 0.25) is 0 Å². The van der Waals surface area contributed by atoms with E-state index in [0.717, 1.165) is 0 Å². The van der Waals surface area contributed by atoms with E-state index in [1.54, 1.807) is 82.1 Å². The predicted molar refractivity (Wildman–Crippen MR) is 129 cm³/mol. The van der Waals surface area contributed by atoms with Crippen LogP contribution in [0.1, 0.15) is 20.7 Å². The van der Waals surface area contributed by atoms with Gasteiger partial charge in [-0.2, -0.15) is 4.98 Å². The molecule has 4 rings (SSSR count). The fourth-order valence-corrected chi connectivity index (χ4v) is 2.92. The normalized spacial score (nSPS) is 12.8. The number of ether oxygens (including phenoxy) is 5. The number of amides is 1. The summed E-state index contributed by atoms with van der Waals surface area (Å²) in [6.45, 7) is 1.21. The van der Waals surface area contributed by atoms with Gasteiger partial charge < -0.3 is 33.6 Å². The van der Waals surface area contributed by atoms with Gasteiger partial charge in [0.05, 0.1) is 33.0 Å². The average molecular weight is 498 g/mol. The van der Waals surface area contributed by atoms with Crippen LogP contribution in [0.4, 0.5) is 5.82 Å². The van der Waals surface area contributed by atoms with Gasteiger partial charge in [0.2, 0.25) is 0 Å². The van der Waals surface area contributed by atoms with Crippen molar-refractivity contribution in [2.45, 2.75) is 6.29 Å². The zero-order chi connectivity index (χ0) is 25.9. The number of anilines is 1. The van der Waals surface area contributed by atoms with Crippen LogP contribution >= 0.6 is 0 Å². The van der Waals surface area contributed by atoms with Crippen LogP contribution in [-0.4, -0.2) is 61.8 Å². The third kappa shape index (κ3) is 7.65. The highest BCUT2D eigenvalue weighted by Gasteiger charge is 2.18. The molecule has 11 nitrogen and oxygen atoms in total. The van der Waals surface area contributed by atoms with Gasteiger partial charge in [0.25, 0.3) is 5.91 Å². The molecule has 1 fully saturated rings. The smallest absolute Gasteiger partial charge is 0.349 e. The number of hydrogen-bond acceptors (Lipinski definition) is 9. The number of aromatic nitrogens is 2. The lowest BCUT2D eigenvalue weighted by Crippen LogP contribution is -2.22. The molecule has 0 radical (unpaired) electrons. The Bertz CT molecular complexity index is 1200. The highest BCUT2D eigenvalue weighted by Crippen LogP contribution is 2.14. The summed E-state index contributed by atoms with van der Waals surface area (Å²) in [4.78, 5) is 38.6. The molecule has 3 aromatic rings. The number of esters is 1. The minimum Gasteiger partial charge on any atom is -0.497 e. The van der Waals surface area contributed by atoms with E-state index in [9.17, 15) is 14.4 Å². The van der Waals surface area contributed by atoms with Gasteiger partial charge in [-0.25, -0.2) is 9.59 Å². The second kappa shape index (κ2) is 13.0. The number of methoxy groups -OCH3 is 2. The Kier molecular flexibility index (Phi) is 9.55. The van der Waals surface area contributed by atoms with E-state index in [1.165, 1.54) is 4.57 Å². The number of hydrogen-bond donors (Lipinski definition) is 1. The van der Waals surface area contributed by atoms with E-state index in [-0.39, 0.29) is 18.3 Å². The monoisotopic (exact) mass is 497 g/mol. The molecule has 2 aromatic carbocycles. The molecule has 0 bridgehead atoms. The minimum atomic E-state index is -0.433. The van der Waals surface area contributed by atoms with Crippen LogP contribution in [0.15, 0.2) is 65.6 Å². The molecule has 1 aliphatic heterocycles. The summed E-state index contributed by atoms with van der Waals surface area (Å²) in [5.74, 6) is 0.867. The van der Waals surface area contributed by atoms with Gasteiger partial charge in [-0.05, 0) is 54.6 Å². The van der Waals surface area contributed by atoms with Crippen LogP contribution in [-0.2, 0) is 21.3 Å². The van der Waals surface area contributed by atoms with Gasteiger partial charge in [-0.3, -0.25) is 4.79 Å². The first-order chi connectivity index (χ1) is 17.4. The van der Waals surface area contributed by atoms with E-state index in [4.69, 9.17) is 23.7 Å². The molecule has 2 heterocycles.